The summed E-state index contributed by atoms with van der Waals surface area (Å²) in [6, 6.07) is 16.1. The first kappa shape index (κ1) is 14.1. The topological polar surface area (TPSA) is 20.2 Å². The lowest BCUT2D eigenvalue weighted by molar-refractivity contribution is 0.473. The lowest BCUT2D eigenvalue weighted by Crippen LogP contribution is -2.10. The van der Waals surface area contributed by atoms with Gasteiger partial charge in [0.05, 0.1) is 0 Å². The van der Waals surface area contributed by atoms with E-state index in [9.17, 15) is 5.11 Å². The number of hydrogen-bond donors (Lipinski definition) is 1. The molecule has 0 saturated heterocycles. The van der Waals surface area contributed by atoms with Gasteiger partial charge in [0.25, 0.3) is 0 Å². The van der Waals surface area contributed by atoms with Crippen LogP contribution in [0, 0.1) is 12.8 Å². The molecule has 0 aromatic heterocycles. The first-order chi connectivity index (χ1) is 9.19. The standard InChI is InChI=1S/C17H19BrO/c1-13-5-2-3-7-16(13)10-15(12-18)9-14-6-4-8-17(19)11-14/h2-8,11,15,19H,9-10,12H2,1H3. The van der Waals surface area contributed by atoms with E-state index in [-0.39, 0.29) is 0 Å². The molecule has 1 nitrogen and oxygen atoms in total. The van der Waals surface area contributed by atoms with E-state index in [0.717, 1.165) is 18.2 Å². The molecule has 19 heavy (non-hydrogen) atoms. The number of hydrogen-bond acceptors (Lipinski definition) is 1. The molecular formula is C17H19BrO. The number of rotatable bonds is 5. The summed E-state index contributed by atoms with van der Waals surface area (Å²) in [5.74, 6) is 0.893. The number of alkyl halides is 1. The third-order valence-electron chi connectivity index (χ3n) is 3.42. The van der Waals surface area contributed by atoms with E-state index in [4.69, 9.17) is 0 Å². The van der Waals surface area contributed by atoms with Crippen molar-refractivity contribution < 1.29 is 5.11 Å². The van der Waals surface area contributed by atoms with Crippen LogP contribution in [0.15, 0.2) is 48.5 Å². The lowest BCUT2D eigenvalue weighted by Gasteiger charge is -2.16. The van der Waals surface area contributed by atoms with Crippen molar-refractivity contribution in [2.75, 3.05) is 5.33 Å². The Bertz CT molecular complexity index is 536. The molecule has 0 aliphatic rings. The average molecular weight is 319 g/mol. The predicted molar refractivity (Wildman–Crippen MR) is 84.0 cm³/mol. The molecule has 1 unspecified atom stereocenters. The molecule has 0 fully saturated rings. The summed E-state index contributed by atoms with van der Waals surface area (Å²) in [5, 5.41) is 10.5. The summed E-state index contributed by atoms with van der Waals surface area (Å²) in [5.41, 5.74) is 3.95. The zero-order valence-corrected chi connectivity index (χ0v) is 12.7. The highest BCUT2D eigenvalue weighted by Gasteiger charge is 2.11. The quantitative estimate of drug-likeness (QED) is 0.805. The zero-order valence-electron chi connectivity index (χ0n) is 11.1. The van der Waals surface area contributed by atoms with Gasteiger partial charge in [-0.25, -0.2) is 0 Å². The van der Waals surface area contributed by atoms with Crippen molar-refractivity contribution >= 4 is 15.9 Å². The third kappa shape index (κ3) is 4.10. The Labute approximate surface area is 123 Å². The van der Waals surface area contributed by atoms with Crippen LogP contribution in [0.5, 0.6) is 5.75 Å². The van der Waals surface area contributed by atoms with Crippen molar-refractivity contribution in [2.45, 2.75) is 19.8 Å². The fourth-order valence-corrected chi connectivity index (χ4v) is 2.81. The fourth-order valence-electron chi connectivity index (χ4n) is 2.35. The Balaban J connectivity index is 2.07. The summed E-state index contributed by atoms with van der Waals surface area (Å²) in [7, 11) is 0. The SMILES string of the molecule is Cc1ccccc1CC(CBr)Cc1cccc(O)c1. The van der Waals surface area contributed by atoms with Crippen LogP contribution >= 0.6 is 15.9 Å². The predicted octanol–water partition coefficient (Wildman–Crippen LogP) is 4.50. The van der Waals surface area contributed by atoms with Crippen molar-refractivity contribution in [3.05, 3.63) is 65.2 Å². The van der Waals surface area contributed by atoms with Gasteiger partial charge in [0.15, 0.2) is 0 Å². The molecule has 0 bridgehead atoms. The molecule has 0 amide bonds. The van der Waals surface area contributed by atoms with Gasteiger partial charge in [0.2, 0.25) is 0 Å². The highest BCUT2D eigenvalue weighted by atomic mass is 79.9. The smallest absolute Gasteiger partial charge is 0.115 e. The van der Waals surface area contributed by atoms with Crippen molar-refractivity contribution in [1.29, 1.82) is 0 Å². The van der Waals surface area contributed by atoms with Crippen molar-refractivity contribution in [1.82, 2.24) is 0 Å². The minimum absolute atomic E-state index is 0.349. The van der Waals surface area contributed by atoms with Gasteiger partial charge in [-0.15, -0.1) is 0 Å². The largest absolute Gasteiger partial charge is 0.508 e. The van der Waals surface area contributed by atoms with Gasteiger partial charge >= 0.3 is 0 Å². The van der Waals surface area contributed by atoms with E-state index in [2.05, 4.69) is 53.2 Å². The Kier molecular flexibility index (Phi) is 5.03. The molecule has 0 heterocycles. The van der Waals surface area contributed by atoms with Crippen molar-refractivity contribution in [3.8, 4) is 5.75 Å². The molecule has 2 aromatic rings. The second-order valence-electron chi connectivity index (χ2n) is 5.02. The van der Waals surface area contributed by atoms with Gasteiger partial charge in [0.1, 0.15) is 5.75 Å². The van der Waals surface area contributed by atoms with Crippen molar-refractivity contribution in [3.63, 3.8) is 0 Å². The lowest BCUT2D eigenvalue weighted by atomic mass is 9.92. The Hall–Kier alpha value is -1.28. The summed E-state index contributed by atoms with van der Waals surface area (Å²) < 4.78 is 0. The average Bonchev–Trinajstić information content (AvgIpc) is 2.40. The minimum Gasteiger partial charge on any atom is -0.508 e. The van der Waals surface area contributed by atoms with Gasteiger partial charge < -0.3 is 5.11 Å². The number of aryl methyl sites for hydroxylation is 1. The molecule has 100 valence electrons. The number of phenols is 1. The molecule has 0 spiro atoms. The monoisotopic (exact) mass is 318 g/mol. The van der Waals surface area contributed by atoms with Crippen LogP contribution in [-0.2, 0) is 12.8 Å². The molecule has 0 saturated carbocycles. The summed E-state index contributed by atoms with van der Waals surface area (Å²) in [6.45, 7) is 2.16. The maximum Gasteiger partial charge on any atom is 0.115 e. The molecular weight excluding hydrogens is 300 g/mol. The second-order valence-corrected chi connectivity index (χ2v) is 5.67. The number of benzene rings is 2. The van der Waals surface area contributed by atoms with Gasteiger partial charge in [0, 0.05) is 5.33 Å². The molecule has 0 aliphatic carbocycles. The summed E-state index contributed by atoms with van der Waals surface area (Å²) in [4.78, 5) is 0. The summed E-state index contributed by atoms with van der Waals surface area (Å²) in [6.07, 6.45) is 2.04. The van der Waals surface area contributed by atoms with Gasteiger partial charge in [-0.1, -0.05) is 52.3 Å². The molecule has 1 atom stereocenters. The second kappa shape index (κ2) is 6.76. The van der Waals surface area contributed by atoms with E-state index in [1.165, 1.54) is 16.7 Å². The van der Waals surface area contributed by atoms with Gasteiger partial charge in [-0.3, -0.25) is 0 Å². The molecule has 0 radical (unpaired) electrons. The number of halogens is 1. The summed E-state index contributed by atoms with van der Waals surface area (Å²) >= 11 is 3.61. The number of phenolic OH excluding ortho intramolecular Hbond substituents is 1. The van der Waals surface area contributed by atoms with E-state index in [1.807, 2.05) is 12.1 Å². The van der Waals surface area contributed by atoms with Crippen LogP contribution in [0.3, 0.4) is 0 Å². The Morgan fingerprint density at radius 3 is 2.53 bits per heavy atom. The minimum atomic E-state index is 0.349. The fraction of sp³-hybridized carbons (Fsp3) is 0.294. The molecule has 1 N–H and O–H groups in total. The van der Waals surface area contributed by atoms with Crippen LogP contribution < -0.4 is 0 Å². The Morgan fingerprint density at radius 2 is 1.84 bits per heavy atom. The van der Waals surface area contributed by atoms with Crippen LogP contribution in [0.2, 0.25) is 0 Å². The van der Waals surface area contributed by atoms with Gasteiger partial charge in [-0.2, -0.15) is 0 Å². The molecule has 2 rings (SSSR count). The van der Waals surface area contributed by atoms with E-state index < -0.39 is 0 Å². The highest BCUT2D eigenvalue weighted by Crippen LogP contribution is 2.21. The third-order valence-corrected chi connectivity index (χ3v) is 4.34. The molecule has 2 aromatic carbocycles. The van der Waals surface area contributed by atoms with Crippen LogP contribution in [0.25, 0.3) is 0 Å². The Morgan fingerprint density at radius 1 is 1.05 bits per heavy atom. The first-order valence-electron chi connectivity index (χ1n) is 6.57. The maximum absolute atomic E-state index is 9.52. The van der Waals surface area contributed by atoms with E-state index in [0.29, 0.717) is 11.7 Å². The van der Waals surface area contributed by atoms with E-state index in [1.54, 1.807) is 6.07 Å². The van der Waals surface area contributed by atoms with Gasteiger partial charge in [-0.05, 0) is 54.5 Å². The van der Waals surface area contributed by atoms with Crippen LogP contribution in [-0.4, -0.2) is 10.4 Å². The van der Waals surface area contributed by atoms with Crippen LogP contribution in [0.1, 0.15) is 16.7 Å². The van der Waals surface area contributed by atoms with Crippen LogP contribution in [0.4, 0.5) is 0 Å². The molecule has 2 heteroatoms. The number of aromatic hydroxyl groups is 1. The first-order valence-corrected chi connectivity index (χ1v) is 7.69. The zero-order chi connectivity index (χ0) is 13.7. The highest BCUT2D eigenvalue weighted by molar-refractivity contribution is 9.09. The maximum atomic E-state index is 9.52. The normalized spacial score (nSPS) is 12.3. The van der Waals surface area contributed by atoms with Crippen molar-refractivity contribution in [2.24, 2.45) is 5.92 Å². The molecule has 0 aliphatic heterocycles. The van der Waals surface area contributed by atoms with E-state index >= 15 is 0 Å².